The predicted octanol–water partition coefficient (Wildman–Crippen LogP) is 0.00766. The Labute approximate surface area is 98.3 Å². The van der Waals surface area contributed by atoms with E-state index >= 15 is 0 Å². The third kappa shape index (κ3) is 3.14. The lowest BCUT2D eigenvalue weighted by Gasteiger charge is -2.14. The molecule has 0 fully saturated rings. The van der Waals surface area contributed by atoms with E-state index in [-0.39, 0.29) is 18.8 Å². The molecule has 1 N–H and O–H groups in total. The van der Waals surface area contributed by atoms with Gasteiger partial charge in [-0.05, 0) is 0 Å². The third-order valence-corrected chi connectivity index (χ3v) is 1.92. The number of carbonyl (C=O) groups is 1. The van der Waals surface area contributed by atoms with Crippen molar-refractivity contribution in [2.75, 3.05) is 25.5 Å². The Morgan fingerprint density at radius 3 is 2.59 bits per heavy atom. The van der Waals surface area contributed by atoms with Crippen molar-refractivity contribution < 1.29 is 4.79 Å². The van der Waals surface area contributed by atoms with Gasteiger partial charge in [0.25, 0.3) is 5.91 Å². The molecule has 0 saturated carbocycles. The zero-order valence-corrected chi connectivity index (χ0v) is 9.21. The number of nitriles is 2. The van der Waals surface area contributed by atoms with Crippen molar-refractivity contribution in [3.63, 3.8) is 0 Å². The summed E-state index contributed by atoms with van der Waals surface area (Å²) >= 11 is 0. The number of nitrogens with zero attached hydrogens (tertiary/aromatic N) is 5. The number of nitrogens with one attached hydrogen (secondary N) is 1. The molecule has 0 atom stereocenters. The van der Waals surface area contributed by atoms with Crippen molar-refractivity contribution in [2.45, 2.75) is 0 Å². The summed E-state index contributed by atoms with van der Waals surface area (Å²) in [5, 5.41) is 19.9. The molecular formula is C10H10N6O. The molecule has 1 aromatic heterocycles. The topological polar surface area (TPSA) is 106 Å². The van der Waals surface area contributed by atoms with Gasteiger partial charge in [-0.25, -0.2) is 4.98 Å². The molecule has 0 aromatic carbocycles. The lowest BCUT2D eigenvalue weighted by Crippen LogP contribution is -2.32. The maximum atomic E-state index is 11.9. The van der Waals surface area contributed by atoms with Crippen LogP contribution in [0.5, 0.6) is 0 Å². The molecule has 7 nitrogen and oxygen atoms in total. The second-order valence-electron chi connectivity index (χ2n) is 3.02. The van der Waals surface area contributed by atoms with Gasteiger partial charge in [0.05, 0.1) is 24.5 Å². The van der Waals surface area contributed by atoms with Gasteiger partial charge in [0.1, 0.15) is 24.6 Å². The minimum Gasteiger partial charge on any atom is -0.372 e. The van der Waals surface area contributed by atoms with E-state index in [1.165, 1.54) is 12.4 Å². The number of amides is 1. The van der Waals surface area contributed by atoms with Crippen LogP contribution in [0, 0.1) is 22.7 Å². The van der Waals surface area contributed by atoms with Crippen LogP contribution >= 0.6 is 0 Å². The Balaban J connectivity index is 2.93. The number of aromatic nitrogens is 2. The molecule has 0 radical (unpaired) electrons. The Bertz CT molecular complexity index is 470. The maximum absolute atomic E-state index is 11.9. The van der Waals surface area contributed by atoms with Crippen molar-refractivity contribution in [2.24, 2.45) is 0 Å². The van der Waals surface area contributed by atoms with E-state index < -0.39 is 5.91 Å². The fraction of sp³-hybridized carbons (Fsp3) is 0.300. The molecule has 1 rings (SSSR count). The van der Waals surface area contributed by atoms with Crippen LogP contribution < -0.4 is 5.32 Å². The molecule has 0 aliphatic heterocycles. The van der Waals surface area contributed by atoms with E-state index in [9.17, 15) is 4.79 Å². The van der Waals surface area contributed by atoms with Gasteiger partial charge in [-0.3, -0.25) is 9.78 Å². The molecule has 0 unspecified atom stereocenters. The van der Waals surface area contributed by atoms with Gasteiger partial charge >= 0.3 is 0 Å². The summed E-state index contributed by atoms with van der Waals surface area (Å²) in [4.78, 5) is 20.8. The van der Waals surface area contributed by atoms with E-state index in [1.54, 1.807) is 7.05 Å². The van der Waals surface area contributed by atoms with E-state index in [2.05, 4.69) is 15.3 Å². The molecule has 0 bridgehead atoms. The van der Waals surface area contributed by atoms with Crippen molar-refractivity contribution in [3.05, 3.63) is 18.1 Å². The Morgan fingerprint density at radius 1 is 1.41 bits per heavy atom. The summed E-state index contributed by atoms with van der Waals surface area (Å²) in [6, 6.07) is 3.64. The second kappa shape index (κ2) is 6.03. The minimum atomic E-state index is -0.488. The van der Waals surface area contributed by atoms with Crippen LogP contribution in [0.25, 0.3) is 0 Å². The number of hydrogen-bond donors (Lipinski definition) is 1. The van der Waals surface area contributed by atoms with Crippen molar-refractivity contribution in [1.82, 2.24) is 14.9 Å². The summed E-state index contributed by atoms with van der Waals surface area (Å²) in [6.07, 6.45) is 2.76. The molecule has 17 heavy (non-hydrogen) atoms. The van der Waals surface area contributed by atoms with Crippen LogP contribution in [0.15, 0.2) is 12.4 Å². The predicted molar refractivity (Wildman–Crippen MR) is 58.7 cm³/mol. The van der Waals surface area contributed by atoms with Crippen LogP contribution in [0.2, 0.25) is 0 Å². The number of anilines is 1. The van der Waals surface area contributed by atoms with Gasteiger partial charge in [0.15, 0.2) is 0 Å². The lowest BCUT2D eigenvalue weighted by atomic mass is 10.3. The Morgan fingerprint density at radius 2 is 2.06 bits per heavy atom. The first-order valence-corrected chi connectivity index (χ1v) is 4.76. The molecular weight excluding hydrogens is 220 g/mol. The zero-order chi connectivity index (χ0) is 12.7. The molecule has 1 heterocycles. The average molecular weight is 230 g/mol. The van der Waals surface area contributed by atoms with Gasteiger partial charge in [0.2, 0.25) is 0 Å². The molecule has 1 aromatic rings. The van der Waals surface area contributed by atoms with E-state index in [1.807, 2.05) is 12.1 Å². The van der Waals surface area contributed by atoms with Crippen LogP contribution in [-0.2, 0) is 0 Å². The van der Waals surface area contributed by atoms with E-state index in [4.69, 9.17) is 10.5 Å². The van der Waals surface area contributed by atoms with Gasteiger partial charge < -0.3 is 10.2 Å². The number of carbonyl (C=O) groups excluding carboxylic acids is 1. The first-order chi connectivity index (χ1) is 8.22. The lowest BCUT2D eigenvalue weighted by molar-refractivity contribution is 0.0788. The highest BCUT2D eigenvalue weighted by molar-refractivity contribution is 5.92. The third-order valence-electron chi connectivity index (χ3n) is 1.92. The summed E-state index contributed by atoms with van der Waals surface area (Å²) in [6.45, 7) is -0.310. The van der Waals surface area contributed by atoms with Gasteiger partial charge in [-0.15, -0.1) is 0 Å². The summed E-state index contributed by atoms with van der Waals surface area (Å²) in [5.74, 6) is -0.0394. The molecule has 0 aliphatic carbocycles. The maximum Gasteiger partial charge on any atom is 0.275 e. The number of rotatable bonds is 4. The van der Waals surface area contributed by atoms with Crippen LogP contribution in [-0.4, -0.2) is 40.9 Å². The van der Waals surface area contributed by atoms with Gasteiger partial charge in [0, 0.05) is 7.05 Å². The van der Waals surface area contributed by atoms with E-state index in [0.29, 0.717) is 5.82 Å². The standard InChI is InChI=1S/C10H10N6O/c1-13-9-7-14-6-8(15-9)10(17)16(4-2-11)5-3-12/h6-7H,4-5H2,1H3,(H,13,15). The molecule has 86 valence electrons. The molecule has 7 heteroatoms. The minimum absolute atomic E-state index is 0.0994. The SMILES string of the molecule is CNc1cncc(C(=O)N(CC#N)CC#N)n1. The first kappa shape index (κ1) is 12.4. The van der Waals surface area contributed by atoms with Crippen LogP contribution in [0.1, 0.15) is 10.5 Å². The molecule has 0 spiro atoms. The van der Waals surface area contributed by atoms with Crippen LogP contribution in [0.4, 0.5) is 5.82 Å². The quantitative estimate of drug-likeness (QED) is 0.730. The monoisotopic (exact) mass is 230 g/mol. The van der Waals surface area contributed by atoms with Crippen molar-refractivity contribution in [3.8, 4) is 12.1 Å². The largest absolute Gasteiger partial charge is 0.372 e. The highest BCUT2D eigenvalue weighted by atomic mass is 16.2. The molecule has 1 amide bonds. The fourth-order valence-electron chi connectivity index (χ4n) is 1.12. The van der Waals surface area contributed by atoms with Crippen molar-refractivity contribution >= 4 is 11.7 Å². The number of hydrogen-bond acceptors (Lipinski definition) is 6. The molecule has 0 saturated heterocycles. The van der Waals surface area contributed by atoms with Gasteiger partial charge in [-0.2, -0.15) is 10.5 Å². The second-order valence-corrected chi connectivity index (χ2v) is 3.02. The smallest absolute Gasteiger partial charge is 0.275 e. The Hall–Kier alpha value is -2.67. The normalized spacial score (nSPS) is 8.88. The fourth-order valence-corrected chi connectivity index (χ4v) is 1.12. The summed E-state index contributed by atoms with van der Waals surface area (Å²) in [5.41, 5.74) is 0.0994. The summed E-state index contributed by atoms with van der Waals surface area (Å²) in [7, 11) is 1.65. The van der Waals surface area contributed by atoms with Gasteiger partial charge in [-0.1, -0.05) is 0 Å². The zero-order valence-electron chi connectivity index (χ0n) is 9.21. The highest BCUT2D eigenvalue weighted by Gasteiger charge is 2.17. The van der Waals surface area contributed by atoms with E-state index in [0.717, 1.165) is 4.90 Å². The van der Waals surface area contributed by atoms with Crippen LogP contribution in [0.3, 0.4) is 0 Å². The highest BCUT2D eigenvalue weighted by Crippen LogP contribution is 2.04. The molecule has 0 aliphatic rings. The summed E-state index contributed by atoms with van der Waals surface area (Å²) < 4.78 is 0. The first-order valence-electron chi connectivity index (χ1n) is 4.76. The van der Waals surface area contributed by atoms with Crippen molar-refractivity contribution in [1.29, 1.82) is 10.5 Å². The average Bonchev–Trinajstić information content (AvgIpc) is 2.38. The Kier molecular flexibility index (Phi) is 4.40.